The average molecular weight is 448 g/mol. The summed E-state index contributed by atoms with van der Waals surface area (Å²) >= 11 is 2.58. The Morgan fingerprint density at radius 2 is 1.90 bits per heavy atom. The first-order valence-electron chi connectivity index (χ1n) is 8.36. The van der Waals surface area contributed by atoms with Crippen LogP contribution < -0.4 is 10.9 Å². The van der Waals surface area contributed by atoms with Gasteiger partial charge in [0, 0.05) is 10.6 Å². The molecule has 0 spiro atoms. The van der Waals surface area contributed by atoms with Crippen molar-refractivity contribution in [2.24, 2.45) is 0 Å². The molecule has 0 bridgehead atoms. The highest BCUT2D eigenvalue weighted by Gasteiger charge is 2.22. The number of thioether (sulfide) groups is 2. The van der Waals surface area contributed by atoms with E-state index in [0.29, 0.717) is 5.69 Å². The van der Waals surface area contributed by atoms with Crippen LogP contribution >= 0.6 is 23.5 Å². The van der Waals surface area contributed by atoms with Gasteiger partial charge in [-0.2, -0.15) is 0 Å². The number of rotatable bonds is 7. The van der Waals surface area contributed by atoms with Gasteiger partial charge in [0.1, 0.15) is 0 Å². The Morgan fingerprint density at radius 1 is 1.14 bits per heavy atom. The van der Waals surface area contributed by atoms with Crippen LogP contribution in [0.5, 0.6) is 0 Å². The summed E-state index contributed by atoms with van der Waals surface area (Å²) in [7, 11) is -3.96. The molecule has 0 saturated carbocycles. The summed E-state index contributed by atoms with van der Waals surface area (Å²) in [6, 6.07) is 15.1. The van der Waals surface area contributed by atoms with Crippen LogP contribution in [-0.2, 0) is 14.6 Å². The van der Waals surface area contributed by atoms with Gasteiger partial charge in [0.15, 0.2) is 10.1 Å². The number of hydrogen-bond acceptors (Lipinski definition) is 7. The van der Waals surface area contributed by atoms with E-state index in [2.05, 4.69) is 15.3 Å². The van der Waals surface area contributed by atoms with Crippen LogP contribution in [0.25, 0.3) is 0 Å². The summed E-state index contributed by atoms with van der Waals surface area (Å²) in [5, 5.41) is 2.93. The van der Waals surface area contributed by atoms with Gasteiger partial charge in [-0.05, 0) is 36.6 Å². The molecule has 0 aliphatic heterocycles. The summed E-state index contributed by atoms with van der Waals surface area (Å²) in [5.41, 5.74) is -0.104. The first-order chi connectivity index (χ1) is 13.9. The minimum Gasteiger partial charge on any atom is -0.325 e. The van der Waals surface area contributed by atoms with Gasteiger partial charge in [-0.3, -0.25) is 9.59 Å². The maximum absolute atomic E-state index is 12.6. The van der Waals surface area contributed by atoms with Crippen molar-refractivity contribution in [1.29, 1.82) is 0 Å². The Morgan fingerprint density at radius 3 is 2.59 bits per heavy atom. The lowest BCUT2D eigenvalue weighted by Gasteiger charge is -2.07. The van der Waals surface area contributed by atoms with Crippen LogP contribution in [0.2, 0.25) is 0 Å². The van der Waals surface area contributed by atoms with Crippen LogP contribution in [0.15, 0.2) is 85.4 Å². The van der Waals surface area contributed by atoms with Gasteiger partial charge in [-0.25, -0.2) is 13.4 Å². The van der Waals surface area contributed by atoms with Crippen molar-refractivity contribution in [2.75, 3.05) is 17.3 Å². The molecule has 7 nitrogen and oxygen atoms in total. The van der Waals surface area contributed by atoms with Crippen molar-refractivity contribution >= 4 is 45.0 Å². The summed E-state index contributed by atoms with van der Waals surface area (Å²) < 4.78 is 25.1. The fourth-order valence-electron chi connectivity index (χ4n) is 2.39. The maximum Gasteiger partial charge on any atom is 0.270 e. The van der Waals surface area contributed by atoms with E-state index in [-0.39, 0.29) is 21.7 Å². The van der Waals surface area contributed by atoms with Crippen molar-refractivity contribution < 1.29 is 13.2 Å². The van der Waals surface area contributed by atoms with E-state index in [4.69, 9.17) is 0 Å². The van der Waals surface area contributed by atoms with E-state index in [1.807, 2.05) is 24.5 Å². The zero-order valence-electron chi connectivity index (χ0n) is 15.3. The Balaban J connectivity index is 1.68. The smallest absolute Gasteiger partial charge is 0.270 e. The van der Waals surface area contributed by atoms with Crippen LogP contribution in [0.3, 0.4) is 0 Å². The van der Waals surface area contributed by atoms with Gasteiger partial charge >= 0.3 is 0 Å². The van der Waals surface area contributed by atoms with Crippen LogP contribution in [0.4, 0.5) is 5.69 Å². The second-order valence-corrected chi connectivity index (χ2v) is 9.53. The number of aromatic amines is 1. The standard InChI is InChI=1S/C19H17N3O4S3/c1-27-14-7-5-6-13(10-14)21-17(23)12-28-19-20-11-16(18(24)22-19)29(25,26)15-8-3-2-4-9-15/h2-11H,12H2,1H3,(H,21,23)(H,20,22,24). The van der Waals surface area contributed by atoms with Crippen LogP contribution in [-0.4, -0.2) is 36.3 Å². The van der Waals surface area contributed by atoms with E-state index < -0.39 is 20.3 Å². The molecule has 29 heavy (non-hydrogen) atoms. The molecule has 3 rings (SSSR count). The zero-order chi connectivity index (χ0) is 20.9. The maximum atomic E-state index is 12.6. The lowest BCUT2D eigenvalue weighted by molar-refractivity contribution is -0.113. The number of carbonyl (C=O) groups is 1. The number of hydrogen-bond donors (Lipinski definition) is 2. The fourth-order valence-corrected chi connectivity index (χ4v) is 4.74. The molecule has 0 aliphatic rings. The molecule has 1 amide bonds. The highest BCUT2D eigenvalue weighted by molar-refractivity contribution is 7.99. The van der Waals surface area contributed by atoms with E-state index in [1.54, 1.807) is 36.0 Å². The van der Waals surface area contributed by atoms with E-state index >= 15 is 0 Å². The van der Waals surface area contributed by atoms with E-state index in [0.717, 1.165) is 22.9 Å². The predicted octanol–water partition coefficient (Wildman–Crippen LogP) is 3.06. The van der Waals surface area contributed by atoms with Crippen LogP contribution in [0.1, 0.15) is 0 Å². The molecule has 10 heteroatoms. The molecule has 0 aliphatic carbocycles. The summed E-state index contributed by atoms with van der Waals surface area (Å²) in [6.45, 7) is 0. The number of aromatic nitrogens is 2. The number of sulfone groups is 1. The second kappa shape index (κ2) is 9.29. The lowest BCUT2D eigenvalue weighted by Crippen LogP contribution is -2.20. The van der Waals surface area contributed by atoms with Gasteiger partial charge < -0.3 is 10.3 Å². The molecule has 0 radical (unpaired) electrons. The predicted molar refractivity (Wildman–Crippen MR) is 114 cm³/mol. The van der Waals surface area contributed by atoms with Crippen molar-refractivity contribution in [1.82, 2.24) is 9.97 Å². The second-order valence-electron chi connectivity index (χ2n) is 5.77. The zero-order valence-corrected chi connectivity index (χ0v) is 17.7. The quantitative estimate of drug-likeness (QED) is 0.423. The van der Waals surface area contributed by atoms with Gasteiger partial charge in [-0.15, -0.1) is 11.8 Å². The molecule has 2 N–H and O–H groups in total. The van der Waals surface area contributed by atoms with Crippen molar-refractivity contribution in [3.63, 3.8) is 0 Å². The molecular weight excluding hydrogens is 430 g/mol. The van der Waals surface area contributed by atoms with Crippen molar-refractivity contribution in [2.45, 2.75) is 19.8 Å². The lowest BCUT2D eigenvalue weighted by atomic mass is 10.3. The summed E-state index contributed by atoms with van der Waals surface area (Å²) in [4.78, 5) is 31.4. The number of amides is 1. The van der Waals surface area contributed by atoms with Crippen LogP contribution in [0, 0.1) is 0 Å². The van der Waals surface area contributed by atoms with E-state index in [9.17, 15) is 18.0 Å². The summed E-state index contributed by atoms with van der Waals surface area (Å²) in [5.74, 6) is -0.256. The Bertz CT molecular complexity index is 1180. The van der Waals surface area contributed by atoms with Gasteiger partial charge in [-0.1, -0.05) is 36.0 Å². The summed E-state index contributed by atoms with van der Waals surface area (Å²) in [6.07, 6.45) is 2.96. The molecule has 0 saturated heterocycles. The molecule has 150 valence electrons. The Kier molecular flexibility index (Phi) is 6.78. The molecule has 2 aromatic carbocycles. The number of nitrogens with zero attached hydrogens (tertiary/aromatic N) is 1. The third-order valence-electron chi connectivity index (χ3n) is 3.78. The molecule has 0 unspecified atom stereocenters. The van der Waals surface area contributed by atoms with Crippen molar-refractivity contribution in [3.8, 4) is 0 Å². The first kappa shape index (κ1) is 21.2. The molecule has 0 atom stereocenters. The molecule has 3 aromatic rings. The van der Waals surface area contributed by atoms with Gasteiger partial charge in [0.25, 0.3) is 5.56 Å². The fraction of sp³-hybridized carbons (Fsp3) is 0.105. The minimum absolute atomic E-state index is 0.0111. The highest BCUT2D eigenvalue weighted by atomic mass is 32.2. The SMILES string of the molecule is CSc1cccc(NC(=O)CSc2ncc(S(=O)(=O)c3ccccc3)c(=O)[nH]2)c1. The first-order valence-corrected chi connectivity index (χ1v) is 12.1. The number of nitrogens with one attached hydrogen (secondary N) is 2. The number of anilines is 1. The monoisotopic (exact) mass is 447 g/mol. The molecule has 1 heterocycles. The minimum atomic E-state index is -3.96. The topological polar surface area (TPSA) is 109 Å². The average Bonchev–Trinajstić information content (AvgIpc) is 2.73. The number of carbonyl (C=O) groups excluding carboxylic acids is 1. The van der Waals surface area contributed by atoms with Crippen molar-refractivity contribution in [3.05, 3.63) is 71.1 Å². The third kappa shape index (κ3) is 5.28. The Labute approximate surface area is 176 Å². The number of benzene rings is 2. The molecular formula is C19H17N3O4S3. The Hall–Kier alpha value is -2.56. The number of H-pyrrole nitrogens is 1. The normalized spacial score (nSPS) is 11.2. The largest absolute Gasteiger partial charge is 0.325 e. The van der Waals surface area contributed by atoms with Gasteiger partial charge in [0.2, 0.25) is 15.7 Å². The third-order valence-corrected chi connectivity index (χ3v) is 7.16. The van der Waals surface area contributed by atoms with Gasteiger partial charge in [0.05, 0.1) is 16.8 Å². The highest BCUT2D eigenvalue weighted by Crippen LogP contribution is 2.20. The van der Waals surface area contributed by atoms with E-state index in [1.165, 1.54) is 12.1 Å². The molecule has 0 fully saturated rings. The molecule has 1 aromatic heterocycles.